The minimum Gasteiger partial charge on any atom is -0.336 e. The van der Waals surface area contributed by atoms with Gasteiger partial charge in [-0.25, -0.2) is 0 Å². The third-order valence-electron chi connectivity index (χ3n) is 0.558. The molecule has 0 rings (SSSR count). The number of carbonyl (C=O) groups is 1. The summed E-state index contributed by atoms with van der Waals surface area (Å²) in [6.07, 6.45) is 0.757. The second kappa shape index (κ2) is 6.36. The van der Waals surface area contributed by atoms with E-state index in [0.717, 1.165) is 0 Å². The Morgan fingerprint density at radius 2 is 1.57 bits per heavy atom. The predicted octanol–water partition coefficient (Wildman–Crippen LogP) is 1.00. The molecule has 0 saturated carbocycles. The fraction of sp³-hybridized carbons (Fsp3) is 0.400. The molecule has 0 aromatic rings. The van der Waals surface area contributed by atoms with Crippen molar-refractivity contribution in [1.29, 1.82) is 0 Å². The molecule has 0 fully saturated rings. The van der Waals surface area contributed by atoms with Crippen molar-refractivity contribution in [2.45, 2.75) is 12.8 Å². The van der Waals surface area contributed by atoms with Crippen molar-refractivity contribution in [3.05, 3.63) is 13.8 Å². The first-order chi connectivity index (χ1) is 2.81. The van der Waals surface area contributed by atoms with Crippen LogP contribution in [0.4, 0.5) is 0 Å². The fourth-order valence-electron chi connectivity index (χ4n) is 0.125. The van der Waals surface area contributed by atoms with E-state index in [-0.39, 0.29) is 26.8 Å². The van der Waals surface area contributed by atoms with Crippen LogP contribution in [0.5, 0.6) is 0 Å². The first-order valence-corrected chi connectivity index (χ1v) is 1.91. The zero-order valence-electron chi connectivity index (χ0n) is 4.14. The summed E-state index contributed by atoms with van der Waals surface area (Å²) in [7, 11) is 0. The monoisotopic (exact) mass is 268 g/mol. The van der Waals surface area contributed by atoms with Crippen LogP contribution in [-0.2, 0) is 25.9 Å². The van der Waals surface area contributed by atoms with Gasteiger partial charge in [-0.1, -0.05) is 0 Å². The summed E-state index contributed by atoms with van der Waals surface area (Å²) in [5, 5.41) is 0. The van der Waals surface area contributed by atoms with Crippen molar-refractivity contribution in [3.8, 4) is 0 Å². The van der Waals surface area contributed by atoms with Crippen molar-refractivity contribution in [1.82, 2.24) is 0 Å². The van der Waals surface area contributed by atoms with Gasteiger partial charge in [0.1, 0.15) is 0 Å². The van der Waals surface area contributed by atoms with E-state index in [0.29, 0.717) is 12.8 Å². The molecule has 0 radical (unpaired) electrons. The number of Topliss-reactive ketones (excluding diaryl/α,β-unsaturated/α-hetero) is 1. The van der Waals surface area contributed by atoms with Crippen LogP contribution >= 0.6 is 0 Å². The molecule has 0 aliphatic carbocycles. The molecule has 0 saturated heterocycles. The molecule has 0 aliphatic rings. The van der Waals surface area contributed by atoms with Gasteiger partial charge >= 0.3 is 21.1 Å². The maximum Gasteiger partial charge on any atom is 2.00 e. The van der Waals surface area contributed by atoms with E-state index in [4.69, 9.17) is 0 Å². The van der Waals surface area contributed by atoms with Gasteiger partial charge in [0.05, 0.1) is 5.78 Å². The van der Waals surface area contributed by atoms with Crippen LogP contribution in [0, 0.1) is 13.8 Å². The largest absolute Gasteiger partial charge is 2.00 e. The van der Waals surface area contributed by atoms with Crippen molar-refractivity contribution in [3.63, 3.8) is 0 Å². The maximum absolute atomic E-state index is 10.1. The molecule has 0 aliphatic heterocycles. The summed E-state index contributed by atoms with van der Waals surface area (Å²) in [6, 6.07) is 0. The predicted molar refractivity (Wildman–Crippen MR) is 25.0 cm³/mol. The van der Waals surface area contributed by atoms with Gasteiger partial charge in [-0.2, -0.15) is 0 Å². The third kappa shape index (κ3) is 6.36. The van der Waals surface area contributed by atoms with Crippen molar-refractivity contribution < 1.29 is 25.9 Å². The Balaban J connectivity index is 0. The molecule has 0 unspecified atom stereocenters. The Labute approximate surface area is 58.7 Å². The van der Waals surface area contributed by atoms with E-state index in [2.05, 4.69) is 13.8 Å². The van der Waals surface area contributed by atoms with E-state index in [1.165, 1.54) is 0 Å². The molecule has 7 heavy (non-hydrogen) atoms. The first-order valence-electron chi connectivity index (χ1n) is 1.91. The SMILES string of the molecule is [CH2-]CC(=O)C[CH2-].[W+2]. The number of hydrogen-bond donors (Lipinski definition) is 0. The zero-order chi connectivity index (χ0) is 4.99. The van der Waals surface area contributed by atoms with Gasteiger partial charge in [-0.05, 0) is 0 Å². The molecule has 0 N–H and O–H groups in total. The molecule has 0 amide bonds. The average molecular weight is 268 g/mol. The molecule has 0 atom stereocenters. The van der Waals surface area contributed by atoms with Gasteiger partial charge in [0.25, 0.3) is 0 Å². The molecule has 1 nitrogen and oxygen atoms in total. The van der Waals surface area contributed by atoms with Gasteiger partial charge < -0.3 is 18.6 Å². The van der Waals surface area contributed by atoms with Crippen LogP contribution in [0.1, 0.15) is 12.8 Å². The Morgan fingerprint density at radius 3 is 1.57 bits per heavy atom. The van der Waals surface area contributed by atoms with E-state index in [1.807, 2.05) is 0 Å². The van der Waals surface area contributed by atoms with Gasteiger partial charge in [-0.15, -0.1) is 12.8 Å². The molecular weight excluding hydrogens is 260 g/mol. The molecule has 0 aromatic heterocycles. The Morgan fingerprint density at radius 1 is 1.29 bits per heavy atom. The Hall–Kier alpha value is 0.358. The van der Waals surface area contributed by atoms with E-state index >= 15 is 0 Å². The molecule has 0 heterocycles. The summed E-state index contributed by atoms with van der Waals surface area (Å²) in [4.78, 5) is 10.1. The van der Waals surface area contributed by atoms with Gasteiger partial charge in [0.2, 0.25) is 0 Å². The smallest absolute Gasteiger partial charge is 0.336 e. The van der Waals surface area contributed by atoms with Crippen LogP contribution in [0.25, 0.3) is 0 Å². The number of rotatable bonds is 2. The van der Waals surface area contributed by atoms with Crippen LogP contribution in [-0.4, -0.2) is 5.78 Å². The van der Waals surface area contributed by atoms with Gasteiger partial charge in [0, 0.05) is 0 Å². The average Bonchev–Trinajstić information content (AvgIpc) is 1.65. The zero-order valence-corrected chi connectivity index (χ0v) is 7.08. The van der Waals surface area contributed by atoms with Gasteiger partial charge in [-0.3, -0.25) is 0 Å². The molecule has 2 heteroatoms. The second-order valence-corrected chi connectivity index (χ2v) is 1.04. The quantitative estimate of drug-likeness (QED) is 0.683. The van der Waals surface area contributed by atoms with Crippen LogP contribution in [0.15, 0.2) is 0 Å². The van der Waals surface area contributed by atoms with E-state index < -0.39 is 0 Å². The van der Waals surface area contributed by atoms with E-state index in [9.17, 15) is 4.79 Å². The summed E-state index contributed by atoms with van der Waals surface area (Å²) in [5.74, 6) is 0.120. The number of carbonyl (C=O) groups excluding carboxylic acids is 1. The van der Waals surface area contributed by atoms with E-state index in [1.54, 1.807) is 0 Å². The Kier molecular flexibility index (Phi) is 9.41. The number of ketones is 1. The first kappa shape index (κ1) is 10.4. The van der Waals surface area contributed by atoms with Crippen molar-refractivity contribution in [2.24, 2.45) is 0 Å². The topological polar surface area (TPSA) is 17.1 Å². The van der Waals surface area contributed by atoms with Crippen LogP contribution in [0.3, 0.4) is 0 Å². The summed E-state index contributed by atoms with van der Waals surface area (Å²) in [5.41, 5.74) is 0. The van der Waals surface area contributed by atoms with Gasteiger partial charge in [0.15, 0.2) is 0 Å². The molecular formula is C5H8OW. The minimum atomic E-state index is 0. The van der Waals surface area contributed by atoms with Crippen LogP contribution < -0.4 is 0 Å². The molecule has 40 valence electrons. The molecule has 0 spiro atoms. The fourth-order valence-corrected chi connectivity index (χ4v) is 0.125. The standard InChI is InChI=1S/C5H8O.W/c1-3-5(6)4-2;/h1-4H2;/q-2;+2. The summed E-state index contributed by atoms with van der Waals surface area (Å²) >= 11 is 0. The van der Waals surface area contributed by atoms with Crippen molar-refractivity contribution in [2.75, 3.05) is 0 Å². The molecule has 0 aromatic carbocycles. The van der Waals surface area contributed by atoms with Crippen LogP contribution in [0.2, 0.25) is 0 Å². The second-order valence-electron chi connectivity index (χ2n) is 1.04. The van der Waals surface area contributed by atoms with Crippen molar-refractivity contribution >= 4 is 5.78 Å². The molecule has 0 bridgehead atoms. The summed E-state index contributed by atoms with van der Waals surface area (Å²) < 4.78 is 0. The maximum atomic E-state index is 10.1. The normalized spacial score (nSPS) is 7.14. The third-order valence-corrected chi connectivity index (χ3v) is 0.558. The summed E-state index contributed by atoms with van der Waals surface area (Å²) in [6.45, 7) is 6.73. The Bertz CT molecular complexity index is 46.0. The number of hydrogen-bond acceptors (Lipinski definition) is 1. The minimum absolute atomic E-state index is 0.